The predicted octanol–water partition coefficient (Wildman–Crippen LogP) is 2.31. The zero-order chi connectivity index (χ0) is 15.0. The highest BCUT2D eigenvalue weighted by molar-refractivity contribution is 9.10. The maximum atomic E-state index is 13.0. The van der Waals surface area contributed by atoms with Crippen molar-refractivity contribution in [3.8, 4) is 0 Å². The number of hydrogen-bond donors (Lipinski definition) is 0. The lowest BCUT2D eigenvalue weighted by molar-refractivity contribution is 0.225. The van der Waals surface area contributed by atoms with Gasteiger partial charge in [0.05, 0.1) is 0 Å². The summed E-state index contributed by atoms with van der Waals surface area (Å²) in [5.74, 6) is 0.510. The molecular weight excluding hydrogens is 356 g/mol. The van der Waals surface area contributed by atoms with Crippen molar-refractivity contribution < 1.29 is 8.42 Å². The van der Waals surface area contributed by atoms with Gasteiger partial charge in [-0.2, -0.15) is 4.31 Å². The fourth-order valence-corrected chi connectivity index (χ4v) is 6.55. The molecule has 3 rings (SSSR count). The zero-order valence-corrected chi connectivity index (χ0v) is 14.6. The highest BCUT2D eigenvalue weighted by Crippen LogP contribution is 2.37. The van der Waals surface area contributed by atoms with Gasteiger partial charge in [-0.05, 0) is 47.5 Å². The van der Waals surface area contributed by atoms with Crippen molar-refractivity contribution in [2.24, 2.45) is 13.0 Å². The summed E-state index contributed by atoms with van der Waals surface area (Å²) in [5, 5.41) is 7.79. The Morgan fingerprint density at radius 1 is 1.14 bits per heavy atom. The Kier molecular flexibility index (Phi) is 4.38. The van der Waals surface area contributed by atoms with Crippen molar-refractivity contribution >= 4 is 26.0 Å². The summed E-state index contributed by atoms with van der Waals surface area (Å²) in [7, 11) is -1.91. The van der Waals surface area contributed by atoms with Gasteiger partial charge in [0.1, 0.15) is 0 Å². The third-order valence-corrected chi connectivity index (χ3v) is 7.55. The van der Waals surface area contributed by atoms with E-state index in [-0.39, 0.29) is 11.1 Å². The topological polar surface area (TPSA) is 68.1 Å². The fraction of sp³-hybridized carbons (Fsp3) is 0.846. The van der Waals surface area contributed by atoms with Crippen LogP contribution in [0.15, 0.2) is 9.63 Å². The summed E-state index contributed by atoms with van der Waals surface area (Å²) < 4.78 is 29.3. The molecule has 0 radical (unpaired) electrons. The first-order chi connectivity index (χ1) is 10.0. The summed E-state index contributed by atoms with van der Waals surface area (Å²) in [6.45, 7) is 0.612. The lowest BCUT2D eigenvalue weighted by Crippen LogP contribution is -2.41. The molecule has 118 valence electrons. The van der Waals surface area contributed by atoms with Gasteiger partial charge in [0.25, 0.3) is 10.0 Å². The van der Waals surface area contributed by atoms with Crippen molar-refractivity contribution in [3.05, 3.63) is 4.60 Å². The fourth-order valence-electron chi connectivity index (χ4n) is 3.76. The van der Waals surface area contributed by atoms with Crippen molar-refractivity contribution in [2.45, 2.75) is 56.0 Å². The van der Waals surface area contributed by atoms with E-state index in [1.807, 2.05) is 0 Å². The molecule has 1 aliphatic heterocycles. The van der Waals surface area contributed by atoms with Gasteiger partial charge in [-0.3, -0.25) is 0 Å². The second kappa shape index (κ2) is 5.96. The first-order valence-corrected chi connectivity index (χ1v) is 9.82. The third kappa shape index (κ3) is 2.77. The Labute approximate surface area is 134 Å². The second-order valence-electron chi connectivity index (χ2n) is 6.03. The van der Waals surface area contributed by atoms with Crippen LogP contribution < -0.4 is 0 Å². The average molecular weight is 377 g/mol. The van der Waals surface area contributed by atoms with Gasteiger partial charge in [-0.25, -0.2) is 13.1 Å². The monoisotopic (exact) mass is 376 g/mol. The first-order valence-electron chi connectivity index (χ1n) is 7.59. The van der Waals surface area contributed by atoms with E-state index >= 15 is 0 Å². The molecule has 2 fully saturated rings. The number of halogens is 1. The molecule has 1 aliphatic carbocycles. The summed E-state index contributed by atoms with van der Waals surface area (Å²) in [6, 6.07) is 0.150. The van der Waals surface area contributed by atoms with Crippen molar-refractivity contribution in [1.29, 1.82) is 0 Å². The summed E-state index contributed by atoms with van der Waals surface area (Å²) in [4.78, 5) is 0. The lowest BCUT2D eigenvalue weighted by Gasteiger charge is -2.33. The van der Waals surface area contributed by atoms with Crippen LogP contribution in [0.25, 0.3) is 0 Å². The molecule has 0 spiro atoms. The van der Waals surface area contributed by atoms with E-state index in [9.17, 15) is 8.42 Å². The molecule has 2 aliphatic rings. The number of aryl methyl sites for hydroxylation is 1. The second-order valence-corrected chi connectivity index (χ2v) is 8.59. The van der Waals surface area contributed by atoms with Crippen LogP contribution in [0.2, 0.25) is 0 Å². The number of rotatable bonds is 3. The normalized spacial score (nSPS) is 25.5. The Balaban J connectivity index is 1.90. The highest BCUT2D eigenvalue weighted by Gasteiger charge is 2.42. The van der Waals surface area contributed by atoms with E-state index in [1.165, 1.54) is 23.9 Å². The van der Waals surface area contributed by atoms with Crippen LogP contribution in [-0.2, 0) is 17.1 Å². The number of aromatic nitrogens is 3. The predicted molar refractivity (Wildman–Crippen MR) is 82.2 cm³/mol. The first kappa shape index (κ1) is 15.4. The minimum atomic E-state index is -3.53. The Morgan fingerprint density at radius 3 is 2.48 bits per heavy atom. The molecule has 1 atom stereocenters. The quantitative estimate of drug-likeness (QED) is 0.811. The molecule has 0 amide bonds. The zero-order valence-electron chi connectivity index (χ0n) is 12.2. The summed E-state index contributed by atoms with van der Waals surface area (Å²) >= 11 is 3.22. The van der Waals surface area contributed by atoms with E-state index < -0.39 is 10.0 Å². The van der Waals surface area contributed by atoms with E-state index in [0.717, 1.165) is 25.7 Å². The van der Waals surface area contributed by atoms with Gasteiger partial charge >= 0.3 is 0 Å². The largest absolute Gasteiger partial charge is 0.263 e. The average Bonchev–Trinajstić information content (AvgIpc) is 3.07. The maximum absolute atomic E-state index is 13.0. The van der Waals surface area contributed by atoms with Crippen LogP contribution in [0.4, 0.5) is 0 Å². The van der Waals surface area contributed by atoms with Crippen molar-refractivity contribution in [3.63, 3.8) is 0 Å². The molecule has 1 aromatic heterocycles. The third-order valence-electron chi connectivity index (χ3n) is 4.73. The van der Waals surface area contributed by atoms with Crippen molar-refractivity contribution in [2.75, 3.05) is 6.54 Å². The molecular formula is C13H21BrN4O2S. The van der Waals surface area contributed by atoms with Crippen LogP contribution >= 0.6 is 15.9 Å². The molecule has 6 nitrogen and oxygen atoms in total. The molecule has 2 heterocycles. The lowest BCUT2D eigenvalue weighted by atomic mass is 9.83. The summed E-state index contributed by atoms with van der Waals surface area (Å²) in [6.07, 6.45) is 7.98. The molecule has 0 N–H and O–H groups in total. The van der Waals surface area contributed by atoms with Crippen LogP contribution in [0, 0.1) is 5.92 Å². The summed E-state index contributed by atoms with van der Waals surface area (Å²) in [5.41, 5.74) is 0. The van der Waals surface area contributed by atoms with Gasteiger partial charge in [0.15, 0.2) is 4.60 Å². The highest BCUT2D eigenvalue weighted by atomic mass is 79.9. The number of hydrogen-bond acceptors (Lipinski definition) is 4. The van der Waals surface area contributed by atoms with Crippen LogP contribution in [0.1, 0.15) is 44.9 Å². The van der Waals surface area contributed by atoms with E-state index in [2.05, 4.69) is 26.2 Å². The maximum Gasteiger partial charge on any atom is 0.263 e. The molecule has 0 aromatic carbocycles. The van der Waals surface area contributed by atoms with Crippen LogP contribution in [0.5, 0.6) is 0 Å². The molecule has 0 bridgehead atoms. The number of nitrogens with zero attached hydrogens (tertiary/aromatic N) is 4. The smallest absolute Gasteiger partial charge is 0.235 e. The van der Waals surface area contributed by atoms with Gasteiger partial charge in [0.2, 0.25) is 5.03 Å². The van der Waals surface area contributed by atoms with E-state index in [1.54, 1.807) is 11.4 Å². The standard InChI is InChI=1S/C13H21BrN4O2S/c1-17-13(12(14)15-16-17)21(19,20)18-9-5-8-11(18)10-6-3-2-4-7-10/h10-11H,2-9H2,1H3. The minimum Gasteiger partial charge on any atom is -0.235 e. The minimum absolute atomic E-state index is 0.150. The SMILES string of the molecule is Cn1nnc(Br)c1S(=O)(=O)N1CCCC1C1CCCCC1. The molecule has 8 heteroatoms. The Morgan fingerprint density at radius 2 is 1.86 bits per heavy atom. The van der Waals surface area contributed by atoms with Crippen LogP contribution in [-0.4, -0.2) is 40.3 Å². The Bertz CT molecular complexity index is 590. The molecule has 1 aromatic rings. The van der Waals surface area contributed by atoms with E-state index in [4.69, 9.17) is 0 Å². The molecule has 1 unspecified atom stereocenters. The molecule has 1 saturated carbocycles. The molecule has 21 heavy (non-hydrogen) atoms. The van der Waals surface area contributed by atoms with Gasteiger partial charge in [-0.15, -0.1) is 5.10 Å². The molecule has 1 saturated heterocycles. The van der Waals surface area contributed by atoms with Crippen LogP contribution in [0.3, 0.4) is 0 Å². The van der Waals surface area contributed by atoms with E-state index in [0.29, 0.717) is 17.1 Å². The Hall–Kier alpha value is -0.470. The number of sulfonamides is 1. The van der Waals surface area contributed by atoms with Gasteiger partial charge in [-0.1, -0.05) is 24.5 Å². The van der Waals surface area contributed by atoms with Crippen molar-refractivity contribution in [1.82, 2.24) is 19.3 Å². The van der Waals surface area contributed by atoms with Gasteiger partial charge < -0.3 is 0 Å². The van der Waals surface area contributed by atoms with Gasteiger partial charge in [0, 0.05) is 19.6 Å².